The first-order valence-electron chi connectivity index (χ1n) is 11.9. The minimum Gasteiger partial charge on any atom is -0.451 e. The molecule has 10 heteroatoms. The normalized spacial score (nSPS) is 57.3. The number of Topliss-reactive ketones (excluding diaryl/α,β-unsaturated/α-hetero) is 1. The molecule has 1 aromatic heterocycles. The fourth-order valence-electron chi connectivity index (χ4n) is 8.86. The second kappa shape index (κ2) is 5.74. The molecule has 190 valence electrons. The van der Waals surface area contributed by atoms with Crippen molar-refractivity contribution in [2.75, 3.05) is 0 Å². The molecule has 3 saturated carbocycles. The predicted molar refractivity (Wildman–Crippen MR) is 118 cm³/mol. The Labute approximate surface area is 201 Å². The van der Waals surface area contributed by atoms with Crippen LogP contribution in [-0.4, -0.2) is 82.2 Å². The molecular weight excluding hydrogens is 458 g/mol. The molecule has 10 unspecified atom stereocenters. The number of hydrogen-bond acceptors (Lipinski definition) is 9. The van der Waals surface area contributed by atoms with Crippen molar-refractivity contribution in [3.63, 3.8) is 0 Å². The lowest BCUT2D eigenvalue weighted by atomic mass is 9.52. The highest BCUT2D eigenvalue weighted by atomic mass is 16.7. The van der Waals surface area contributed by atoms with E-state index in [2.05, 4.69) is 4.98 Å². The van der Waals surface area contributed by atoms with Crippen LogP contribution in [0.15, 0.2) is 30.5 Å². The van der Waals surface area contributed by atoms with Crippen LogP contribution in [0.25, 0.3) is 0 Å². The van der Waals surface area contributed by atoms with Gasteiger partial charge in [-0.1, -0.05) is 39.8 Å². The number of ether oxygens (including phenoxy) is 2. The van der Waals surface area contributed by atoms with Crippen LogP contribution in [0.5, 0.6) is 0 Å². The van der Waals surface area contributed by atoms with Crippen LogP contribution in [0.3, 0.4) is 0 Å². The number of H-pyrrole nitrogens is 1. The van der Waals surface area contributed by atoms with Gasteiger partial charge in [0.25, 0.3) is 0 Å². The van der Waals surface area contributed by atoms with Gasteiger partial charge in [0, 0.05) is 24.0 Å². The summed E-state index contributed by atoms with van der Waals surface area (Å²) in [4.78, 5) is 29.7. The first-order chi connectivity index (χ1) is 16.0. The lowest BCUT2D eigenvalue weighted by Crippen LogP contribution is -2.73. The number of esters is 1. The summed E-state index contributed by atoms with van der Waals surface area (Å²) in [5.41, 5.74) is -16.4. The Morgan fingerprint density at radius 1 is 1.20 bits per heavy atom. The molecule has 2 saturated heterocycles. The number of allylic oxidation sites excluding steroid dienone is 1. The van der Waals surface area contributed by atoms with Crippen molar-refractivity contribution in [3.8, 4) is 0 Å². The SMILES string of the molecule is CC1C=CC2(O)C3(C)CC4(O)OC2(C1=O)C1(O)C3(O)C(OC(=O)c2ccc[nH]2)C(O)(C(C)C)C41C. The van der Waals surface area contributed by atoms with E-state index < -0.39 is 80.7 Å². The molecule has 5 fully saturated rings. The largest absolute Gasteiger partial charge is 0.451 e. The first-order valence-corrected chi connectivity index (χ1v) is 11.9. The summed E-state index contributed by atoms with van der Waals surface area (Å²) >= 11 is 0. The van der Waals surface area contributed by atoms with Crippen LogP contribution < -0.4 is 0 Å². The van der Waals surface area contributed by atoms with Gasteiger partial charge in [-0.15, -0.1) is 0 Å². The Morgan fingerprint density at radius 2 is 1.86 bits per heavy atom. The molecule has 10 atom stereocenters. The van der Waals surface area contributed by atoms with Gasteiger partial charge in [0.2, 0.25) is 0 Å². The van der Waals surface area contributed by atoms with E-state index in [1.807, 2.05) is 0 Å². The van der Waals surface area contributed by atoms with Crippen LogP contribution in [0.1, 0.15) is 51.5 Å². The lowest BCUT2D eigenvalue weighted by molar-refractivity contribution is -0.359. The summed E-state index contributed by atoms with van der Waals surface area (Å²) in [6.45, 7) is 7.50. The zero-order valence-electron chi connectivity index (χ0n) is 20.2. The highest BCUT2D eigenvalue weighted by molar-refractivity contribution is 5.99. The Balaban J connectivity index is 1.71. The number of nitrogens with one attached hydrogen (secondary N) is 1. The number of hydrogen-bond donors (Lipinski definition) is 6. The van der Waals surface area contributed by atoms with Crippen molar-refractivity contribution in [1.82, 2.24) is 4.98 Å². The molecule has 0 aromatic carbocycles. The molecule has 1 spiro atoms. The van der Waals surface area contributed by atoms with Gasteiger partial charge in [-0.25, -0.2) is 4.79 Å². The summed E-state index contributed by atoms with van der Waals surface area (Å²) in [5.74, 6) is -5.64. The van der Waals surface area contributed by atoms with E-state index in [1.54, 1.807) is 26.8 Å². The predicted octanol–water partition coefficient (Wildman–Crippen LogP) is -0.203. The van der Waals surface area contributed by atoms with Gasteiger partial charge in [0.15, 0.2) is 28.9 Å². The molecule has 3 heterocycles. The molecule has 6 aliphatic rings. The maximum Gasteiger partial charge on any atom is 0.355 e. The first kappa shape index (κ1) is 23.3. The van der Waals surface area contributed by atoms with E-state index in [4.69, 9.17) is 9.47 Å². The molecule has 7 rings (SSSR count). The molecule has 6 N–H and O–H groups in total. The third kappa shape index (κ3) is 1.67. The molecule has 0 radical (unpaired) electrons. The molecule has 0 amide bonds. The number of aromatic nitrogens is 1. The maximum atomic E-state index is 13.9. The zero-order valence-corrected chi connectivity index (χ0v) is 20.2. The molecule has 6 bridgehead atoms. The van der Waals surface area contributed by atoms with Gasteiger partial charge < -0.3 is 40.0 Å². The standard InChI is InChI=1S/C25H31NO9/c1-12(2)22(31)17(34-16(28)14-7-6-10-26-14)23(32)18(4)11-21(30)19(22,5)25(23,33)24(35-21)15(27)13(3)8-9-20(18,24)29/h6-10,12-13,17,26,29-33H,11H2,1-5H3. The highest BCUT2D eigenvalue weighted by Crippen LogP contribution is 2.89. The zero-order chi connectivity index (χ0) is 25.8. The topological polar surface area (TPSA) is 170 Å². The minimum absolute atomic E-state index is 0.0369. The van der Waals surface area contributed by atoms with Gasteiger partial charge in [0.1, 0.15) is 22.5 Å². The smallest absolute Gasteiger partial charge is 0.355 e. The second-order valence-corrected chi connectivity index (χ2v) is 11.8. The molecular formula is C25H31NO9. The van der Waals surface area contributed by atoms with Crippen LogP contribution in [0, 0.1) is 22.7 Å². The fraction of sp³-hybridized carbons (Fsp3) is 0.680. The van der Waals surface area contributed by atoms with E-state index >= 15 is 0 Å². The van der Waals surface area contributed by atoms with E-state index in [9.17, 15) is 35.1 Å². The number of aromatic amines is 1. The van der Waals surface area contributed by atoms with Crippen molar-refractivity contribution in [2.45, 2.75) is 80.9 Å². The average Bonchev–Trinajstić information content (AvgIpc) is 3.41. The number of rotatable bonds is 3. The monoisotopic (exact) mass is 489 g/mol. The van der Waals surface area contributed by atoms with E-state index in [1.165, 1.54) is 38.3 Å². The van der Waals surface area contributed by atoms with Gasteiger partial charge in [-0.3, -0.25) is 4.79 Å². The molecule has 2 aliphatic heterocycles. The number of carbonyl (C=O) groups excluding carboxylic acids is 2. The second-order valence-electron chi connectivity index (χ2n) is 11.8. The number of ketones is 1. The summed E-state index contributed by atoms with van der Waals surface area (Å²) in [6, 6.07) is 3.02. The van der Waals surface area contributed by atoms with Crippen LogP contribution in [0.2, 0.25) is 0 Å². The molecule has 10 nitrogen and oxygen atoms in total. The third-order valence-corrected chi connectivity index (χ3v) is 10.6. The molecule has 1 aromatic rings. The summed E-state index contributed by atoms with van der Waals surface area (Å²) < 4.78 is 11.9. The summed E-state index contributed by atoms with van der Waals surface area (Å²) in [6.07, 6.45) is 2.02. The van der Waals surface area contributed by atoms with Crippen molar-refractivity contribution >= 4 is 11.8 Å². The van der Waals surface area contributed by atoms with Crippen molar-refractivity contribution in [2.24, 2.45) is 22.7 Å². The van der Waals surface area contributed by atoms with E-state index in [-0.39, 0.29) is 5.69 Å². The quantitative estimate of drug-likeness (QED) is 0.249. The van der Waals surface area contributed by atoms with Crippen molar-refractivity contribution in [3.05, 3.63) is 36.2 Å². The highest BCUT2D eigenvalue weighted by Gasteiger charge is 3.10. The summed E-state index contributed by atoms with van der Waals surface area (Å²) in [7, 11) is 0. The third-order valence-electron chi connectivity index (χ3n) is 10.6. The van der Waals surface area contributed by atoms with Crippen LogP contribution in [-0.2, 0) is 14.3 Å². The van der Waals surface area contributed by atoms with E-state index in [0.29, 0.717) is 0 Å². The Kier molecular flexibility index (Phi) is 3.82. The van der Waals surface area contributed by atoms with Crippen molar-refractivity contribution in [1.29, 1.82) is 0 Å². The Bertz CT molecular complexity index is 1210. The van der Waals surface area contributed by atoms with Gasteiger partial charge in [0.05, 0.1) is 5.41 Å². The van der Waals surface area contributed by atoms with Crippen molar-refractivity contribution < 1.29 is 44.6 Å². The van der Waals surface area contributed by atoms with Crippen LogP contribution in [0.4, 0.5) is 0 Å². The maximum absolute atomic E-state index is 13.9. The molecule has 35 heavy (non-hydrogen) atoms. The van der Waals surface area contributed by atoms with Gasteiger partial charge in [-0.05, 0) is 25.0 Å². The number of aliphatic hydroxyl groups is 5. The van der Waals surface area contributed by atoms with E-state index in [0.717, 1.165) is 0 Å². The van der Waals surface area contributed by atoms with Gasteiger partial charge >= 0.3 is 5.97 Å². The van der Waals surface area contributed by atoms with Gasteiger partial charge in [-0.2, -0.15) is 0 Å². The Morgan fingerprint density at radius 3 is 2.43 bits per heavy atom. The molecule has 4 aliphatic carbocycles. The fourth-order valence-corrected chi connectivity index (χ4v) is 8.86. The minimum atomic E-state index is -2.74. The lowest BCUT2D eigenvalue weighted by Gasteiger charge is -2.58. The Hall–Kier alpha value is -2.08. The average molecular weight is 490 g/mol. The number of carbonyl (C=O) groups is 2. The summed E-state index contributed by atoms with van der Waals surface area (Å²) in [5, 5.41) is 61.9. The van der Waals surface area contributed by atoms with Crippen LogP contribution >= 0.6 is 0 Å².